The van der Waals surface area contributed by atoms with E-state index in [9.17, 15) is 0 Å². The maximum absolute atomic E-state index is 6.23. The van der Waals surface area contributed by atoms with Crippen LogP contribution >= 0.6 is 23.2 Å². The van der Waals surface area contributed by atoms with Gasteiger partial charge in [-0.2, -0.15) is 0 Å². The molecule has 2 aromatic rings. The Morgan fingerprint density at radius 3 is 2.23 bits per heavy atom. The third-order valence-electron chi connectivity index (χ3n) is 3.81. The minimum absolute atomic E-state index is 0.561. The standard InChI is InChI=1S/C16H17Cl2N3O/c1-22-14-4-2-13(3-5-14)20-6-8-21(9-7-20)16-15(18)10-12(17)11-19-16/h2-5,10-11H,6-9H2,1H3. The first kappa shape index (κ1) is 15.3. The molecule has 0 unspecified atom stereocenters. The molecule has 0 atom stereocenters. The van der Waals surface area contributed by atoms with E-state index in [1.807, 2.05) is 12.1 Å². The molecule has 4 nitrogen and oxygen atoms in total. The molecule has 1 aromatic heterocycles. The fraction of sp³-hybridized carbons (Fsp3) is 0.312. The van der Waals surface area contributed by atoms with Gasteiger partial charge in [0.25, 0.3) is 0 Å². The minimum atomic E-state index is 0.561. The molecule has 1 fully saturated rings. The highest BCUT2D eigenvalue weighted by Gasteiger charge is 2.20. The Bertz CT molecular complexity index is 640. The lowest BCUT2D eigenvalue weighted by atomic mass is 10.2. The summed E-state index contributed by atoms with van der Waals surface area (Å²) in [5, 5.41) is 1.16. The SMILES string of the molecule is COc1ccc(N2CCN(c3ncc(Cl)cc3Cl)CC2)cc1. The summed E-state index contributed by atoms with van der Waals surface area (Å²) in [7, 11) is 1.68. The van der Waals surface area contributed by atoms with Crippen molar-refractivity contribution in [1.82, 2.24) is 4.98 Å². The fourth-order valence-electron chi connectivity index (χ4n) is 2.61. The molecule has 0 N–H and O–H groups in total. The predicted molar refractivity (Wildman–Crippen MR) is 91.7 cm³/mol. The van der Waals surface area contributed by atoms with E-state index in [1.54, 1.807) is 19.4 Å². The molecular formula is C16H17Cl2N3O. The molecule has 1 aromatic carbocycles. The monoisotopic (exact) mass is 337 g/mol. The Kier molecular flexibility index (Phi) is 4.60. The van der Waals surface area contributed by atoms with Crippen molar-refractivity contribution < 1.29 is 4.74 Å². The lowest BCUT2D eigenvalue weighted by Crippen LogP contribution is -2.46. The molecule has 3 rings (SSSR count). The van der Waals surface area contributed by atoms with Gasteiger partial charge in [0.15, 0.2) is 0 Å². The number of methoxy groups -OCH3 is 1. The number of ether oxygens (including phenoxy) is 1. The fourth-order valence-corrected chi connectivity index (χ4v) is 3.11. The molecule has 22 heavy (non-hydrogen) atoms. The van der Waals surface area contributed by atoms with Crippen LogP contribution in [0.3, 0.4) is 0 Å². The molecule has 0 radical (unpaired) electrons. The zero-order valence-corrected chi connectivity index (χ0v) is 13.8. The topological polar surface area (TPSA) is 28.6 Å². The van der Waals surface area contributed by atoms with Crippen LogP contribution in [-0.4, -0.2) is 38.3 Å². The van der Waals surface area contributed by atoms with Gasteiger partial charge in [-0.05, 0) is 30.3 Å². The molecular weight excluding hydrogens is 321 g/mol. The maximum atomic E-state index is 6.23. The number of piperazine rings is 1. The average molecular weight is 338 g/mol. The van der Waals surface area contributed by atoms with Gasteiger partial charge < -0.3 is 14.5 Å². The van der Waals surface area contributed by atoms with Gasteiger partial charge in [0.1, 0.15) is 11.6 Å². The van der Waals surface area contributed by atoms with E-state index in [4.69, 9.17) is 27.9 Å². The van der Waals surface area contributed by atoms with Gasteiger partial charge in [0.05, 0.1) is 17.2 Å². The van der Waals surface area contributed by atoms with Crippen LogP contribution in [0.4, 0.5) is 11.5 Å². The zero-order valence-electron chi connectivity index (χ0n) is 12.3. The summed E-state index contributed by atoms with van der Waals surface area (Å²) in [4.78, 5) is 8.89. The molecule has 0 bridgehead atoms. The van der Waals surface area contributed by atoms with Gasteiger partial charge >= 0.3 is 0 Å². The Balaban J connectivity index is 1.66. The maximum Gasteiger partial charge on any atom is 0.147 e. The van der Waals surface area contributed by atoms with Crippen LogP contribution in [0.1, 0.15) is 0 Å². The summed E-state index contributed by atoms with van der Waals surface area (Å²) in [6.45, 7) is 3.60. The van der Waals surface area contributed by atoms with Gasteiger partial charge in [-0.3, -0.25) is 0 Å². The number of halogens is 2. The number of anilines is 2. The van der Waals surface area contributed by atoms with E-state index >= 15 is 0 Å². The van der Waals surface area contributed by atoms with E-state index in [1.165, 1.54) is 5.69 Å². The van der Waals surface area contributed by atoms with E-state index in [-0.39, 0.29) is 0 Å². The van der Waals surface area contributed by atoms with E-state index in [0.29, 0.717) is 10.0 Å². The van der Waals surface area contributed by atoms with Crippen LogP contribution in [0.2, 0.25) is 10.0 Å². The normalized spacial score (nSPS) is 15.0. The number of rotatable bonds is 3. The van der Waals surface area contributed by atoms with Crippen molar-refractivity contribution in [2.24, 2.45) is 0 Å². The van der Waals surface area contributed by atoms with Crippen molar-refractivity contribution in [3.05, 3.63) is 46.6 Å². The highest BCUT2D eigenvalue weighted by Crippen LogP contribution is 2.28. The smallest absolute Gasteiger partial charge is 0.147 e. The predicted octanol–water partition coefficient (Wildman–Crippen LogP) is 3.72. The lowest BCUT2D eigenvalue weighted by Gasteiger charge is -2.37. The summed E-state index contributed by atoms with van der Waals surface area (Å²) >= 11 is 12.1. The molecule has 0 aliphatic carbocycles. The number of hydrogen-bond donors (Lipinski definition) is 0. The van der Waals surface area contributed by atoms with Crippen LogP contribution in [0.25, 0.3) is 0 Å². The zero-order chi connectivity index (χ0) is 15.5. The Labute approximate surface area is 140 Å². The third-order valence-corrected chi connectivity index (χ3v) is 4.29. The average Bonchev–Trinajstić information content (AvgIpc) is 2.55. The van der Waals surface area contributed by atoms with E-state index < -0.39 is 0 Å². The molecule has 1 aliphatic rings. The summed E-state index contributed by atoms with van der Waals surface area (Å²) in [6.07, 6.45) is 1.64. The highest BCUT2D eigenvalue weighted by atomic mass is 35.5. The van der Waals surface area contributed by atoms with Crippen molar-refractivity contribution in [2.45, 2.75) is 0 Å². The first-order valence-electron chi connectivity index (χ1n) is 7.12. The molecule has 0 saturated carbocycles. The molecule has 2 heterocycles. The second-order valence-electron chi connectivity index (χ2n) is 5.13. The minimum Gasteiger partial charge on any atom is -0.497 e. The van der Waals surface area contributed by atoms with Crippen molar-refractivity contribution in [2.75, 3.05) is 43.1 Å². The van der Waals surface area contributed by atoms with Gasteiger partial charge in [0.2, 0.25) is 0 Å². The Hall–Kier alpha value is -1.65. The summed E-state index contributed by atoms with van der Waals surface area (Å²) in [5.41, 5.74) is 1.20. The number of benzene rings is 1. The molecule has 1 saturated heterocycles. The number of nitrogens with zero attached hydrogens (tertiary/aromatic N) is 3. The molecule has 6 heteroatoms. The quantitative estimate of drug-likeness (QED) is 0.853. The van der Waals surface area contributed by atoms with E-state index in [2.05, 4.69) is 26.9 Å². The number of aromatic nitrogens is 1. The van der Waals surface area contributed by atoms with Gasteiger partial charge in [-0.25, -0.2) is 4.98 Å². The molecule has 1 aliphatic heterocycles. The molecule has 116 valence electrons. The van der Waals surface area contributed by atoms with Crippen molar-refractivity contribution in [1.29, 1.82) is 0 Å². The Morgan fingerprint density at radius 1 is 1.00 bits per heavy atom. The first-order valence-corrected chi connectivity index (χ1v) is 7.88. The first-order chi connectivity index (χ1) is 10.7. The largest absolute Gasteiger partial charge is 0.497 e. The summed E-state index contributed by atoms with van der Waals surface area (Å²) < 4.78 is 5.19. The Morgan fingerprint density at radius 2 is 1.64 bits per heavy atom. The summed E-state index contributed by atoms with van der Waals surface area (Å²) in [6, 6.07) is 9.88. The van der Waals surface area contributed by atoms with Crippen molar-refractivity contribution >= 4 is 34.7 Å². The van der Waals surface area contributed by atoms with Gasteiger partial charge in [-0.15, -0.1) is 0 Å². The van der Waals surface area contributed by atoms with Crippen LogP contribution < -0.4 is 14.5 Å². The number of pyridine rings is 1. The third kappa shape index (κ3) is 3.23. The van der Waals surface area contributed by atoms with Crippen LogP contribution in [0.15, 0.2) is 36.5 Å². The van der Waals surface area contributed by atoms with Crippen molar-refractivity contribution in [3.63, 3.8) is 0 Å². The molecule has 0 amide bonds. The van der Waals surface area contributed by atoms with Crippen LogP contribution in [-0.2, 0) is 0 Å². The summed E-state index contributed by atoms with van der Waals surface area (Å²) in [5.74, 6) is 1.68. The van der Waals surface area contributed by atoms with Crippen LogP contribution in [0.5, 0.6) is 5.75 Å². The second-order valence-corrected chi connectivity index (χ2v) is 5.97. The number of hydrogen-bond acceptors (Lipinski definition) is 4. The van der Waals surface area contributed by atoms with Gasteiger partial charge in [-0.1, -0.05) is 23.2 Å². The highest BCUT2D eigenvalue weighted by molar-refractivity contribution is 6.36. The van der Waals surface area contributed by atoms with Crippen molar-refractivity contribution in [3.8, 4) is 5.75 Å². The van der Waals surface area contributed by atoms with Gasteiger partial charge in [0, 0.05) is 38.1 Å². The lowest BCUT2D eigenvalue weighted by molar-refractivity contribution is 0.415. The molecule has 0 spiro atoms. The van der Waals surface area contributed by atoms with E-state index in [0.717, 1.165) is 37.7 Å². The second kappa shape index (κ2) is 6.63. The van der Waals surface area contributed by atoms with Crippen LogP contribution in [0, 0.1) is 0 Å².